The number of nitrogens with one attached hydrogen (secondary N) is 1. The van der Waals surface area contributed by atoms with Crippen molar-refractivity contribution in [3.05, 3.63) is 42.0 Å². The van der Waals surface area contributed by atoms with Gasteiger partial charge in [0.25, 0.3) is 0 Å². The molecule has 3 rings (SSSR count). The van der Waals surface area contributed by atoms with Crippen molar-refractivity contribution in [2.45, 2.75) is 13.8 Å². The van der Waals surface area contributed by atoms with E-state index in [0.29, 0.717) is 11.0 Å². The molecule has 25 heavy (non-hydrogen) atoms. The first-order valence-electron chi connectivity index (χ1n) is 7.68. The first-order valence-corrected chi connectivity index (χ1v) is 7.68. The number of furan rings is 1. The highest BCUT2D eigenvalue weighted by atomic mass is 16.5. The van der Waals surface area contributed by atoms with Crippen molar-refractivity contribution in [3.63, 3.8) is 0 Å². The van der Waals surface area contributed by atoms with E-state index < -0.39 is 11.9 Å². The van der Waals surface area contributed by atoms with E-state index in [1.54, 1.807) is 25.1 Å². The molecule has 3 aromatic rings. The summed E-state index contributed by atoms with van der Waals surface area (Å²) in [7, 11) is 0. The number of carbonyl (C=O) groups is 2. The van der Waals surface area contributed by atoms with Gasteiger partial charge in [-0.1, -0.05) is 18.2 Å². The highest BCUT2D eigenvalue weighted by Crippen LogP contribution is 2.34. The minimum Gasteiger partial charge on any atom is -0.477 e. The number of para-hydroxylation sites is 1. The summed E-state index contributed by atoms with van der Waals surface area (Å²) in [6.07, 6.45) is 0. The van der Waals surface area contributed by atoms with Crippen LogP contribution in [-0.4, -0.2) is 29.4 Å². The van der Waals surface area contributed by atoms with Gasteiger partial charge in [0.1, 0.15) is 16.9 Å². The van der Waals surface area contributed by atoms with Gasteiger partial charge in [-0.3, -0.25) is 5.43 Å². The second kappa shape index (κ2) is 6.64. The van der Waals surface area contributed by atoms with E-state index in [-0.39, 0.29) is 29.2 Å². The number of benzene rings is 2. The minimum absolute atomic E-state index is 0.0471. The van der Waals surface area contributed by atoms with E-state index in [1.807, 2.05) is 18.2 Å². The number of anilines is 1. The topological polar surface area (TPSA) is 101 Å². The summed E-state index contributed by atoms with van der Waals surface area (Å²) in [5, 5.41) is 15.0. The number of aromatic carboxylic acids is 1. The molecule has 0 spiro atoms. The number of ether oxygens (including phenoxy) is 1. The Bertz CT molecular complexity index is 1000. The van der Waals surface area contributed by atoms with Crippen molar-refractivity contribution in [1.82, 2.24) is 0 Å². The van der Waals surface area contributed by atoms with Gasteiger partial charge in [0.2, 0.25) is 0 Å². The zero-order valence-electron chi connectivity index (χ0n) is 13.7. The highest BCUT2D eigenvalue weighted by Gasteiger charge is 2.20. The number of rotatable bonds is 5. The second-order valence-corrected chi connectivity index (χ2v) is 5.30. The van der Waals surface area contributed by atoms with Crippen LogP contribution in [0.5, 0.6) is 0 Å². The summed E-state index contributed by atoms with van der Waals surface area (Å²) < 4.78 is 10.6. The normalized spacial score (nSPS) is 11.7. The van der Waals surface area contributed by atoms with E-state index >= 15 is 0 Å². The Morgan fingerprint density at radius 1 is 1.20 bits per heavy atom. The smallest absolute Gasteiger partial charge is 0.354 e. The van der Waals surface area contributed by atoms with E-state index in [9.17, 15) is 14.7 Å². The number of nitrogens with zero attached hydrogens (tertiary/aromatic N) is 1. The maximum atomic E-state index is 11.8. The van der Waals surface area contributed by atoms with E-state index in [2.05, 4.69) is 10.5 Å². The zero-order chi connectivity index (χ0) is 18.0. The van der Waals surface area contributed by atoms with Crippen LogP contribution < -0.4 is 5.43 Å². The van der Waals surface area contributed by atoms with Gasteiger partial charge in [-0.25, -0.2) is 9.59 Å². The lowest BCUT2D eigenvalue weighted by Gasteiger charge is -2.07. The molecule has 0 fully saturated rings. The Morgan fingerprint density at radius 2 is 1.96 bits per heavy atom. The quantitative estimate of drug-likeness (QED) is 0.418. The molecule has 0 unspecified atom stereocenters. The van der Waals surface area contributed by atoms with Gasteiger partial charge in [0.15, 0.2) is 5.58 Å². The van der Waals surface area contributed by atoms with Crippen molar-refractivity contribution in [2.24, 2.45) is 5.10 Å². The molecule has 0 radical (unpaired) electrons. The Labute approximate surface area is 142 Å². The van der Waals surface area contributed by atoms with Gasteiger partial charge in [-0.15, -0.1) is 0 Å². The Morgan fingerprint density at radius 3 is 2.68 bits per heavy atom. The third kappa shape index (κ3) is 3.03. The van der Waals surface area contributed by atoms with E-state index in [0.717, 1.165) is 5.39 Å². The molecule has 0 aliphatic rings. The van der Waals surface area contributed by atoms with E-state index in [4.69, 9.17) is 9.15 Å². The molecule has 0 bridgehead atoms. The number of hydrazone groups is 1. The largest absolute Gasteiger partial charge is 0.477 e. The van der Waals surface area contributed by atoms with Crippen LogP contribution in [0.4, 0.5) is 5.69 Å². The summed E-state index contributed by atoms with van der Waals surface area (Å²) in [5.74, 6) is -1.73. The molecule has 0 aliphatic heterocycles. The average Bonchev–Trinajstić information content (AvgIpc) is 2.97. The SMILES string of the molecule is CCOC(=O)C(C)=NNc1ccc2c(oc3ccccc32)c1C(=O)O. The fourth-order valence-corrected chi connectivity index (χ4v) is 2.52. The van der Waals surface area contributed by atoms with Crippen LogP contribution in [0.15, 0.2) is 45.9 Å². The molecule has 2 aromatic carbocycles. The molecule has 128 valence electrons. The number of carboxylic acids is 1. The van der Waals surface area contributed by atoms with Crippen LogP contribution >= 0.6 is 0 Å². The highest BCUT2D eigenvalue weighted by molar-refractivity contribution is 6.35. The van der Waals surface area contributed by atoms with Gasteiger partial charge in [0, 0.05) is 10.8 Å². The molecule has 1 aromatic heterocycles. The van der Waals surface area contributed by atoms with Crippen LogP contribution in [-0.2, 0) is 9.53 Å². The number of carbonyl (C=O) groups excluding carboxylic acids is 1. The predicted octanol–water partition coefficient (Wildman–Crippen LogP) is 3.64. The number of hydrogen-bond donors (Lipinski definition) is 2. The van der Waals surface area contributed by atoms with Crippen LogP contribution in [0, 0.1) is 0 Å². The molecular weight excluding hydrogens is 324 g/mol. The van der Waals surface area contributed by atoms with Gasteiger partial charge in [-0.05, 0) is 32.0 Å². The number of esters is 1. The molecule has 7 nitrogen and oxygen atoms in total. The molecule has 0 aliphatic carbocycles. The van der Waals surface area contributed by atoms with Crippen molar-refractivity contribution in [2.75, 3.05) is 12.0 Å². The number of carboxylic acid groups (broad SMARTS) is 1. The lowest BCUT2D eigenvalue weighted by Crippen LogP contribution is -2.16. The maximum Gasteiger partial charge on any atom is 0.354 e. The van der Waals surface area contributed by atoms with E-state index in [1.165, 1.54) is 6.92 Å². The maximum absolute atomic E-state index is 11.8. The lowest BCUT2D eigenvalue weighted by atomic mass is 10.1. The van der Waals surface area contributed by atoms with Gasteiger partial charge in [0.05, 0.1) is 12.3 Å². The van der Waals surface area contributed by atoms with Crippen molar-refractivity contribution in [3.8, 4) is 0 Å². The molecule has 7 heteroatoms. The summed E-state index contributed by atoms with van der Waals surface area (Å²) in [5.41, 5.74) is 3.73. The zero-order valence-corrected chi connectivity index (χ0v) is 13.7. The molecular formula is C18H16N2O5. The number of hydrogen-bond acceptors (Lipinski definition) is 6. The average molecular weight is 340 g/mol. The van der Waals surface area contributed by atoms with Gasteiger partial charge in [-0.2, -0.15) is 5.10 Å². The van der Waals surface area contributed by atoms with Crippen LogP contribution in [0.3, 0.4) is 0 Å². The first-order chi connectivity index (χ1) is 12.0. The third-order valence-corrected chi connectivity index (χ3v) is 3.68. The summed E-state index contributed by atoms with van der Waals surface area (Å²) in [6, 6.07) is 10.7. The lowest BCUT2D eigenvalue weighted by molar-refractivity contribution is -0.135. The van der Waals surface area contributed by atoms with Crippen LogP contribution in [0.2, 0.25) is 0 Å². The number of fused-ring (bicyclic) bond motifs is 3. The Kier molecular flexibility index (Phi) is 4.38. The summed E-state index contributed by atoms with van der Waals surface area (Å²) >= 11 is 0. The van der Waals surface area contributed by atoms with Crippen LogP contribution in [0.1, 0.15) is 24.2 Å². The molecule has 0 saturated heterocycles. The predicted molar refractivity (Wildman–Crippen MR) is 94.0 cm³/mol. The Balaban J connectivity index is 2.08. The Hall–Kier alpha value is -3.35. The molecule has 1 heterocycles. The monoisotopic (exact) mass is 340 g/mol. The summed E-state index contributed by atoms with van der Waals surface area (Å²) in [6.45, 7) is 3.40. The molecule has 0 atom stereocenters. The first kappa shape index (κ1) is 16.5. The van der Waals surface area contributed by atoms with Gasteiger partial charge < -0.3 is 14.3 Å². The second-order valence-electron chi connectivity index (χ2n) is 5.30. The standard InChI is InChI=1S/C18H16N2O5/c1-3-24-18(23)10(2)19-20-13-9-8-12-11-6-4-5-7-14(11)25-16(12)15(13)17(21)22/h4-9,20H,3H2,1-2H3,(H,21,22). The molecule has 0 amide bonds. The van der Waals surface area contributed by atoms with Crippen molar-refractivity contribution < 1.29 is 23.8 Å². The molecule has 0 saturated carbocycles. The van der Waals surface area contributed by atoms with Crippen molar-refractivity contribution >= 4 is 45.3 Å². The fourth-order valence-electron chi connectivity index (χ4n) is 2.52. The molecule has 2 N–H and O–H groups in total. The third-order valence-electron chi connectivity index (χ3n) is 3.68. The van der Waals surface area contributed by atoms with Crippen molar-refractivity contribution in [1.29, 1.82) is 0 Å². The van der Waals surface area contributed by atoms with Gasteiger partial charge >= 0.3 is 11.9 Å². The summed E-state index contributed by atoms with van der Waals surface area (Å²) in [4.78, 5) is 23.3. The van der Waals surface area contributed by atoms with Crippen LogP contribution in [0.25, 0.3) is 21.9 Å². The fraction of sp³-hybridized carbons (Fsp3) is 0.167. The minimum atomic E-state index is -1.16.